The average molecular weight is 485 g/mol. The monoisotopic (exact) mass is 484 g/mol. The molecule has 2 aromatic carbocycles. The van der Waals surface area contributed by atoms with Crippen LogP contribution in [0.15, 0.2) is 48.5 Å². The standard InChI is InChI=1S/C19H18Cl2N4O3S2/c1-3-16(25(30(2,27)28)15-6-4-5-14(21)11-15)17(26)22-19-24-23-18(29-19)12-7-9-13(20)10-8-12/h4-11,16H,3H2,1-2H3,(H,22,24,26)/t16-/m1/s1. The second-order valence-corrected chi connectivity index (χ2v) is 10.1. The number of sulfonamides is 1. The molecule has 1 amide bonds. The second-order valence-electron chi connectivity index (χ2n) is 6.37. The maximum atomic E-state index is 13.0. The topological polar surface area (TPSA) is 92.3 Å². The molecule has 11 heteroatoms. The van der Waals surface area contributed by atoms with Gasteiger partial charge in [0.1, 0.15) is 11.0 Å². The Balaban J connectivity index is 1.85. The van der Waals surface area contributed by atoms with Gasteiger partial charge in [0.15, 0.2) is 0 Å². The minimum absolute atomic E-state index is 0.244. The summed E-state index contributed by atoms with van der Waals surface area (Å²) in [6.07, 6.45) is 1.29. The van der Waals surface area contributed by atoms with Gasteiger partial charge in [0, 0.05) is 15.6 Å². The van der Waals surface area contributed by atoms with E-state index in [1.807, 2.05) is 0 Å². The Hall–Kier alpha value is -2.20. The number of carbonyl (C=O) groups excluding carboxylic acids is 1. The Bertz CT molecular complexity index is 1150. The van der Waals surface area contributed by atoms with Gasteiger partial charge in [-0.3, -0.25) is 14.4 Å². The molecule has 0 bridgehead atoms. The largest absolute Gasteiger partial charge is 0.299 e. The lowest BCUT2D eigenvalue weighted by Crippen LogP contribution is -2.47. The van der Waals surface area contributed by atoms with Crippen molar-refractivity contribution in [3.05, 3.63) is 58.6 Å². The smallest absolute Gasteiger partial charge is 0.250 e. The zero-order valence-corrected chi connectivity index (χ0v) is 19.2. The molecule has 0 spiro atoms. The molecule has 158 valence electrons. The lowest BCUT2D eigenvalue weighted by molar-refractivity contribution is -0.117. The minimum atomic E-state index is -3.76. The lowest BCUT2D eigenvalue weighted by Gasteiger charge is -2.29. The van der Waals surface area contributed by atoms with Crippen molar-refractivity contribution in [3.63, 3.8) is 0 Å². The molecule has 0 aliphatic carbocycles. The number of aromatic nitrogens is 2. The van der Waals surface area contributed by atoms with Gasteiger partial charge in [-0.25, -0.2) is 8.42 Å². The summed E-state index contributed by atoms with van der Waals surface area (Å²) in [6.45, 7) is 1.73. The maximum Gasteiger partial charge on any atom is 0.250 e. The van der Waals surface area contributed by atoms with E-state index >= 15 is 0 Å². The molecule has 0 unspecified atom stereocenters. The highest BCUT2D eigenvalue weighted by Gasteiger charge is 2.32. The van der Waals surface area contributed by atoms with E-state index in [-0.39, 0.29) is 11.6 Å². The fourth-order valence-electron chi connectivity index (χ4n) is 2.85. The molecule has 0 aliphatic heterocycles. The first-order valence-electron chi connectivity index (χ1n) is 8.84. The molecule has 0 saturated carbocycles. The Kier molecular flexibility index (Phi) is 6.97. The number of halogens is 2. The van der Waals surface area contributed by atoms with E-state index in [1.165, 1.54) is 17.4 Å². The molecule has 3 rings (SSSR count). The van der Waals surface area contributed by atoms with E-state index in [9.17, 15) is 13.2 Å². The third kappa shape index (κ3) is 5.28. The Morgan fingerprint density at radius 3 is 2.43 bits per heavy atom. The molecule has 1 atom stereocenters. The van der Waals surface area contributed by atoms with Crippen LogP contribution in [0.25, 0.3) is 10.6 Å². The number of rotatable bonds is 7. The number of benzene rings is 2. The van der Waals surface area contributed by atoms with E-state index in [4.69, 9.17) is 23.2 Å². The first-order chi connectivity index (χ1) is 14.2. The summed E-state index contributed by atoms with van der Waals surface area (Å²) in [5, 5.41) is 12.6. The average Bonchev–Trinajstić information content (AvgIpc) is 3.13. The molecule has 1 aromatic heterocycles. The maximum absolute atomic E-state index is 13.0. The molecule has 0 saturated heterocycles. The van der Waals surface area contributed by atoms with Crippen LogP contribution < -0.4 is 9.62 Å². The summed E-state index contributed by atoms with van der Waals surface area (Å²) in [5.74, 6) is -0.512. The van der Waals surface area contributed by atoms with Crippen LogP contribution in [0.5, 0.6) is 0 Å². The van der Waals surface area contributed by atoms with Gasteiger partial charge in [-0.15, -0.1) is 10.2 Å². The quantitative estimate of drug-likeness (QED) is 0.524. The first kappa shape index (κ1) is 22.5. The number of hydrogen-bond donors (Lipinski definition) is 1. The molecule has 7 nitrogen and oxygen atoms in total. The fraction of sp³-hybridized carbons (Fsp3) is 0.211. The summed E-state index contributed by atoms with van der Waals surface area (Å²) in [5.41, 5.74) is 1.12. The summed E-state index contributed by atoms with van der Waals surface area (Å²) < 4.78 is 26.0. The van der Waals surface area contributed by atoms with Crippen molar-refractivity contribution < 1.29 is 13.2 Å². The van der Waals surface area contributed by atoms with E-state index in [0.717, 1.165) is 16.1 Å². The number of nitrogens with zero attached hydrogens (tertiary/aromatic N) is 3. The molecule has 0 aliphatic rings. The van der Waals surface area contributed by atoms with Crippen molar-refractivity contribution >= 4 is 61.3 Å². The number of nitrogens with one attached hydrogen (secondary N) is 1. The first-order valence-corrected chi connectivity index (χ1v) is 12.3. The van der Waals surface area contributed by atoms with Crippen molar-refractivity contribution in [1.82, 2.24) is 10.2 Å². The van der Waals surface area contributed by atoms with Crippen LogP contribution in [0.3, 0.4) is 0 Å². The fourth-order valence-corrected chi connectivity index (χ4v) is 5.11. The summed E-state index contributed by atoms with van der Waals surface area (Å²) >= 11 is 13.1. The van der Waals surface area contributed by atoms with Gasteiger partial charge in [0.05, 0.1) is 11.9 Å². The molecule has 30 heavy (non-hydrogen) atoms. The van der Waals surface area contributed by atoms with Crippen LogP contribution in [0, 0.1) is 0 Å². The molecule has 1 N–H and O–H groups in total. The van der Waals surface area contributed by atoms with Gasteiger partial charge >= 0.3 is 0 Å². The van der Waals surface area contributed by atoms with E-state index in [0.29, 0.717) is 20.7 Å². The van der Waals surface area contributed by atoms with Crippen LogP contribution in [0.4, 0.5) is 10.8 Å². The van der Waals surface area contributed by atoms with Crippen LogP contribution >= 0.6 is 34.5 Å². The molecular formula is C19H18Cl2N4O3S2. The second kappa shape index (κ2) is 9.30. The van der Waals surface area contributed by atoms with E-state index < -0.39 is 22.0 Å². The predicted octanol–water partition coefficient (Wildman–Crippen LogP) is 4.70. The molecule has 0 fully saturated rings. The van der Waals surface area contributed by atoms with Crippen molar-refractivity contribution in [2.75, 3.05) is 15.9 Å². The van der Waals surface area contributed by atoms with Gasteiger partial charge in [0.25, 0.3) is 0 Å². The van der Waals surface area contributed by atoms with Gasteiger partial charge in [-0.1, -0.05) is 59.7 Å². The summed E-state index contributed by atoms with van der Waals surface area (Å²) in [7, 11) is -3.76. The number of anilines is 2. The minimum Gasteiger partial charge on any atom is -0.299 e. The van der Waals surface area contributed by atoms with Gasteiger partial charge < -0.3 is 0 Å². The highest BCUT2D eigenvalue weighted by Crippen LogP contribution is 2.29. The Morgan fingerprint density at radius 1 is 1.13 bits per heavy atom. The Labute approximate surface area is 188 Å². The van der Waals surface area contributed by atoms with Gasteiger partial charge in [-0.2, -0.15) is 0 Å². The normalized spacial score (nSPS) is 12.4. The number of hydrogen-bond acceptors (Lipinski definition) is 6. The van der Waals surface area contributed by atoms with Crippen molar-refractivity contribution in [3.8, 4) is 10.6 Å². The SMILES string of the molecule is CC[C@H](C(=O)Nc1nnc(-c2ccc(Cl)cc2)s1)N(c1cccc(Cl)c1)S(C)(=O)=O. The molecule has 0 radical (unpaired) electrons. The molecule has 1 heterocycles. The van der Waals surface area contributed by atoms with Crippen LogP contribution in [0.1, 0.15) is 13.3 Å². The third-order valence-corrected chi connectivity index (χ3v) is 6.69. The predicted molar refractivity (Wildman–Crippen MR) is 122 cm³/mol. The van der Waals surface area contributed by atoms with Crippen LogP contribution in [-0.2, 0) is 14.8 Å². The zero-order valence-electron chi connectivity index (χ0n) is 16.0. The van der Waals surface area contributed by atoms with Crippen LogP contribution in [-0.4, -0.2) is 36.8 Å². The van der Waals surface area contributed by atoms with Crippen molar-refractivity contribution in [1.29, 1.82) is 0 Å². The Morgan fingerprint density at radius 2 is 1.83 bits per heavy atom. The molecular weight excluding hydrogens is 467 g/mol. The summed E-state index contributed by atoms with van der Waals surface area (Å²) in [4.78, 5) is 13.0. The molecule has 3 aromatic rings. The third-order valence-electron chi connectivity index (χ3n) is 4.14. The van der Waals surface area contributed by atoms with Crippen molar-refractivity contribution in [2.24, 2.45) is 0 Å². The highest BCUT2D eigenvalue weighted by atomic mass is 35.5. The van der Waals surface area contributed by atoms with Crippen LogP contribution in [0.2, 0.25) is 10.0 Å². The number of amides is 1. The zero-order chi connectivity index (χ0) is 21.9. The van der Waals surface area contributed by atoms with Gasteiger partial charge in [-0.05, 0) is 36.8 Å². The van der Waals surface area contributed by atoms with Gasteiger partial charge in [0.2, 0.25) is 21.1 Å². The lowest BCUT2D eigenvalue weighted by atomic mass is 10.2. The van der Waals surface area contributed by atoms with E-state index in [2.05, 4.69) is 15.5 Å². The highest BCUT2D eigenvalue weighted by molar-refractivity contribution is 7.92. The number of carbonyl (C=O) groups is 1. The van der Waals surface area contributed by atoms with E-state index in [1.54, 1.807) is 49.4 Å². The summed E-state index contributed by atoms with van der Waals surface area (Å²) in [6, 6.07) is 12.4. The van der Waals surface area contributed by atoms with Crippen molar-refractivity contribution in [2.45, 2.75) is 19.4 Å².